The van der Waals surface area contributed by atoms with Crippen LogP contribution < -0.4 is 18.9 Å². The number of halogens is 2. The van der Waals surface area contributed by atoms with Crippen molar-refractivity contribution in [1.29, 1.82) is 5.26 Å². The van der Waals surface area contributed by atoms with Crippen molar-refractivity contribution >= 4 is 39.1 Å². The van der Waals surface area contributed by atoms with E-state index in [-0.39, 0.29) is 31.3 Å². The standard InChI is InChI=1S/C48H41ClFN7O6S/c1-28-36-12-14-39(43(28)49)62-35(24-57-19-17-56(2)18-20-57)26-60-34-11-13-38(61-25-33-15-16-52-45(55-33)37-6-4-3-5-30(37)23-51)31(21-34)22-40(48(58)59)63-46-42-41(36)44(64-47(42)54-27-53-46)29-7-9-32(50)10-8-29/h3-16,21,27,35,40H,17-20,22,24-26H2,1-2H3,(H,58,59)/t35-,40-/m1/s1. The molecule has 0 amide bonds. The third-order valence-corrected chi connectivity index (χ3v) is 12.9. The van der Waals surface area contributed by atoms with Crippen molar-refractivity contribution in [3.05, 3.63) is 131 Å². The summed E-state index contributed by atoms with van der Waals surface area (Å²) in [5.74, 6) is 0.117. The van der Waals surface area contributed by atoms with Crippen LogP contribution >= 0.6 is 22.9 Å². The van der Waals surface area contributed by atoms with Gasteiger partial charge in [0, 0.05) is 66.9 Å². The van der Waals surface area contributed by atoms with Gasteiger partial charge in [-0.3, -0.25) is 4.90 Å². The molecule has 1 saturated heterocycles. The fourth-order valence-electron chi connectivity index (χ4n) is 7.88. The largest absolute Gasteiger partial charge is 0.490 e. The number of fused-ring (bicyclic) bond motifs is 7. The molecule has 0 spiro atoms. The third-order valence-electron chi connectivity index (χ3n) is 11.3. The van der Waals surface area contributed by atoms with Crippen molar-refractivity contribution in [2.75, 3.05) is 46.4 Å². The number of likely N-dealkylation sites (N-methyl/N-ethyl adjacent to an activating group) is 1. The summed E-state index contributed by atoms with van der Waals surface area (Å²) in [5, 5.41) is 21.4. The molecule has 7 aromatic rings. The number of carboxylic acids is 1. The summed E-state index contributed by atoms with van der Waals surface area (Å²) >= 11 is 8.57. The Hall–Kier alpha value is -6.70. The van der Waals surface area contributed by atoms with E-state index in [0.29, 0.717) is 78.4 Å². The molecular formula is C48H41ClFN7O6S. The molecule has 6 heterocycles. The smallest absolute Gasteiger partial charge is 0.345 e. The van der Waals surface area contributed by atoms with Crippen LogP contribution in [0, 0.1) is 24.1 Å². The van der Waals surface area contributed by atoms with E-state index in [1.165, 1.54) is 29.8 Å². The first-order chi connectivity index (χ1) is 31.1. The molecule has 0 unspecified atom stereocenters. The monoisotopic (exact) mass is 897 g/mol. The summed E-state index contributed by atoms with van der Waals surface area (Å²) in [5.41, 5.74) is 4.85. The average Bonchev–Trinajstić information content (AvgIpc) is 3.70. The predicted octanol–water partition coefficient (Wildman–Crippen LogP) is 8.50. The Balaban J connectivity index is 1.14. The van der Waals surface area contributed by atoms with Gasteiger partial charge in [-0.05, 0) is 85.3 Å². The van der Waals surface area contributed by atoms with Crippen LogP contribution in [0.1, 0.15) is 22.4 Å². The Bertz CT molecular complexity index is 2900. The number of piperazine rings is 1. The van der Waals surface area contributed by atoms with Gasteiger partial charge in [0.15, 0.2) is 5.82 Å². The van der Waals surface area contributed by atoms with Gasteiger partial charge in [0.25, 0.3) is 0 Å². The topological polar surface area (TPSA) is 156 Å². The lowest BCUT2D eigenvalue weighted by atomic mass is 9.96. The van der Waals surface area contributed by atoms with Gasteiger partial charge >= 0.3 is 5.97 Å². The first-order valence-electron chi connectivity index (χ1n) is 20.6. The van der Waals surface area contributed by atoms with E-state index < -0.39 is 18.2 Å². The van der Waals surface area contributed by atoms with E-state index in [9.17, 15) is 19.6 Å². The summed E-state index contributed by atoms with van der Waals surface area (Å²) in [4.78, 5) is 37.3. The Morgan fingerprint density at radius 2 is 1.81 bits per heavy atom. The first kappa shape index (κ1) is 42.6. The fourth-order valence-corrected chi connectivity index (χ4v) is 9.25. The van der Waals surface area contributed by atoms with Crippen molar-refractivity contribution in [2.45, 2.75) is 32.2 Å². The number of benzene rings is 4. The van der Waals surface area contributed by atoms with Gasteiger partial charge in [0.2, 0.25) is 12.0 Å². The molecule has 2 atom stereocenters. The van der Waals surface area contributed by atoms with Crippen molar-refractivity contribution in [3.8, 4) is 62.2 Å². The molecule has 13 nitrogen and oxygen atoms in total. The molecule has 3 aromatic heterocycles. The number of aromatic nitrogens is 4. The number of ether oxygens (including phenoxy) is 4. The van der Waals surface area contributed by atoms with Gasteiger partial charge in [-0.25, -0.2) is 29.1 Å². The molecule has 1 fully saturated rings. The molecule has 64 heavy (non-hydrogen) atoms. The molecule has 0 aliphatic carbocycles. The molecule has 16 heteroatoms. The Kier molecular flexibility index (Phi) is 12.4. The summed E-state index contributed by atoms with van der Waals surface area (Å²) in [6.45, 7) is 6.16. The second-order valence-electron chi connectivity index (χ2n) is 15.6. The van der Waals surface area contributed by atoms with Crippen molar-refractivity contribution in [2.24, 2.45) is 0 Å². The molecule has 3 aliphatic rings. The van der Waals surface area contributed by atoms with E-state index in [2.05, 4.69) is 42.9 Å². The SMILES string of the molecule is Cc1c2ccc(c1Cl)O[C@H](CN1CCN(C)CC1)COc1ccc(OCc3ccnc(-c4ccccc4C#N)n3)c(c1)C[C@H](C(=O)O)Oc1ncnc3sc(-c4ccc(F)cc4)c-2c13. The van der Waals surface area contributed by atoms with Gasteiger partial charge in [-0.2, -0.15) is 5.26 Å². The minimum atomic E-state index is -1.46. The van der Waals surface area contributed by atoms with Crippen LogP contribution in [0.25, 0.3) is 43.2 Å². The maximum absolute atomic E-state index is 14.3. The molecule has 4 bridgehead atoms. The van der Waals surface area contributed by atoms with Crippen LogP contribution in [-0.4, -0.2) is 99.4 Å². The van der Waals surface area contributed by atoms with Crippen LogP contribution in [-0.2, 0) is 17.8 Å². The number of nitriles is 1. The number of hydrogen-bond acceptors (Lipinski definition) is 13. The van der Waals surface area contributed by atoms with Gasteiger partial charge in [-0.15, -0.1) is 11.3 Å². The summed E-state index contributed by atoms with van der Waals surface area (Å²) in [6.07, 6.45) is 0.874. The normalized spacial score (nSPS) is 16.9. The van der Waals surface area contributed by atoms with Crippen LogP contribution in [0.15, 0.2) is 97.5 Å². The number of hydrogen-bond donors (Lipinski definition) is 1. The molecular weight excluding hydrogens is 857 g/mol. The zero-order valence-corrected chi connectivity index (χ0v) is 36.4. The number of carbonyl (C=O) groups is 1. The number of rotatable bonds is 8. The molecule has 1 N–H and O–H groups in total. The van der Waals surface area contributed by atoms with Gasteiger partial charge in [0.05, 0.1) is 27.7 Å². The highest BCUT2D eigenvalue weighted by Crippen LogP contribution is 2.49. The number of aliphatic carboxylic acids is 1. The predicted molar refractivity (Wildman–Crippen MR) is 241 cm³/mol. The molecule has 324 valence electrons. The van der Waals surface area contributed by atoms with Gasteiger partial charge < -0.3 is 29.0 Å². The molecule has 4 aromatic carbocycles. The summed E-state index contributed by atoms with van der Waals surface area (Å²) < 4.78 is 40.3. The Morgan fingerprint density at radius 1 is 1.00 bits per heavy atom. The second kappa shape index (κ2) is 18.6. The minimum absolute atomic E-state index is 0.00523. The van der Waals surface area contributed by atoms with E-state index in [1.807, 2.05) is 25.1 Å². The van der Waals surface area contributed by atoms with E-state index >= 15 is 0 Å². The van der Waals surface area contributed by atoms with E-state index in [1.54, 1.807) is 60.8 Å². The van der Waals surface area contributed by atoms with Crippen LogP contribution in [0.4, 0.5) is 4.39 Å². The first-order valence-corrected chi connectivity index (χ1v) is 21.8. The van der Waals surface area contributed by atoms with Gasteiger partial charge in [-0.1, -0.05) is 41.9 Å². The van der Waals surface area contributed by atoms with E-state index in [0.717, 1.165) is 42.2 Å². The number of thiophene rings is 1. The number of nitrogens with zero attached hydrogens (tertiary/aromatic N) is 7. The lowest BCUT2D eigenvalue weighted by Crippen LogP contribution is -2.49. The zero-order valence-electron chi connectivity index (χ0n) is 34.8. The zero-order chi connectivity index (χ0) is 44.3. The van der Waals surface area contributed by atoms with Crippen LogP contribution in [0.5, 0.6) is 23.1 Å². The highest BCUT2D eigenvalue weighted by molar-refractivity contribution is 7.22. The lowest BCUT2D eigenvalue weighted by Gasteiger charge is -2.34. The fraction of sp³-hybridized carbons (Fsp3) is 0.250. The van der Waals surface area contributed by atoms with Crippen LogP contribution in [0.3, 0.4) is 0 Å². The second-order valence-corrected chi connectivity index (χ2v) is 17.0. The maximum atomic E-state index is 14.3. The number of carboxylic acid groups (broad SMARTS) is 1. The highest BCUT2D eigenvalue weighted by atomic mass is 35.5. The quantitative estimate of drug-likeness (QED) is 0.155. The lowest BCUT2D eigenvalue weighted by molar-refractivity contribution is -0.145. The summed E-state index contributed by atoms with van der Waals surface area (Å²) in [7, 11) is 2.11. The molecule has 3 aliphatic heterocycles. The van der Waals surface area contributed by atoms with E-state index in [4.69, 9.17) is 30.5 Å². The third kappa shape index (κ3) is 9.04. The molecule has 0 radical (unpaired) electrons. The van der Waals surface area contributed by atoms with Crippen molar-refractivity contribution < 1.29 is 33.2 Å². The van der Waals surface area contributed by atoms with Crippen molar-refractivity contribution in [3.63, 3.8) is 0 Å². The Morgan fingerprint density at radius 3 is 2.61 bits per heavy atom. The van der Waals surface area contributed by atoms with Crippen molar-refractivity contribution in [1.82, 2.24) is 29.7 Å². The highest BCUT2D eigenvalue weighted by Gasteiger charge is 2.30. The molecule has 0 saturated carbocycles. The summed E-state index contributed by atoms with van der Waals surface area (Å²) in [6, 6.07) is 26.1. The van der Waals surface area contributed by atoms with Gasteiger partial charge in [0.1, 0.15) is 53.5 Å². The van der Waals surface area contributed by atoms with Crippen LogP contribution in [0.2, 0.25) is 5.02 Å². The molecule has 10 rings (SSSR count). The Labute approximate surface area is 377 Å². The maximum Gasteiger partial charge on any atom is 0.345 e. The average molecular weight is 898 g/mol. The minimum Gasteiger partial charge on any atom is -0.490 e.